The number of hydrogen-bond acceptors (Lipinski definition) is 2. The van der Waals surface area contributed by atoms with Gasteiger partial charge in [0.05, 0.1) is 11.4 Å². The molecule has 0 saturated heterocycles. The van der Waals surface area contributed by atoms with E-state index < -0.39 is 5.82 Å². The SMILES string of the molecule is [CH2]c1cc(N)c(F)c(N)c1. The molecule has 2 nitrogen and oxygen atoms in total. The van der Waals surface area contributed by atoms with Crippen LogP contribution in [0.5, 0.6) is 0 Å². The number of anilines is 2. The molecule has 0 heterocycles. The normalized spacial score (nSPS) is 9.80. The van der Waals surface area contributed by atoms with Crippen LogP contribution in [0.2, 0.25) is 0 Å². The second-order valence-corrected chi connectivity index (χ2v) is 2.09. The standard InChI is InChI=1S/C7H8FN2/c1-4-2-5(9)7(8)6(10)3-4/h2-3H,1,9-10H2. The third-order valence-corrected chi connectivity index (χ3v) is 1.19. The topological polar surface area (TPSA) is 52.0 Å². The lowest BCUT2D eigenvalue weighted by atomic mass is 10.2. The number of halogens is 1. The molecule has 1 aromatic rings. The zero-order valence-corrected chi connectivity index (χ0v) is 5.39. The highest BCUT2D eigenvalue weighted by Crippen LogP contribution is 2.18. The van der Waals surface area contributed by atoms with Crippen LogP contribution in [0.4, 0.5) is 15.8 Å². The van der Waals surface area contributed by atoms with Crippen LogP contribution in [0.1, 0.15) is 5.56 Å². The number of hydrogen-bond donors (Lipinski definition) is 2. The van der Waals surface area contributed by atoms with Crippen LogP contribution in [-0.2, 0) is 0 Å². The van der Waals surface area contributed by atoms with E-state index in [4.69, 9.17) is 11.5 Å². The van der Waals surface area contributed by atoms with Crippen molar-refractivity contribution < 1.29 is 4.39 Å². The fourth-order valence-corrected chi connectivity index (χ4v) is 0.735. The van der Waals surface area contributed by atoms with E-state index in [9.17, 15) is 4.39 Å². The summed E-state index contributed by atoms with van der Waals surface area (Å²) in [5, 5.41) is 0. The molecular formula is C7H8FN2. The molecule has 53 valence electrons. The van der Waals surface area contributed by atoms with Crippen molar-refractivity contribution in [3.63, 3.8) is 0 Å². The lowest BCUT2D eigenvalue weighted by Crippen LogP contribution is -1.97. The molecular weight excluding hydrogens is 131 g/mol. The molecule has 4 N–H and O–H groups in total. The first-order valence-electron chi connectivity index (χ1n) is 2.77. The van der Waals surface area contributed by atoms with Crippen molar-refractivity contribution >= 4 is 11.4 Å². The molecule has 1 radical (unpaired) electrons. The Morgan fingerprint density at radius 1 is 1.20 bits per heavy atom. The van der Waals surface area contributed by atoms with Gasteiger partial charge in [0.2, 0.25) is 0 Å². The number of benzene rings is 1. The van der Waals surface area contributed by atoms with Crippen LogP contribution in [0.25, 0.3) is 0 Å². The smallest absolute Gasteiger partial charge is 0.168 e. The summed E-state index contributed by atoms with van der Waals surface area (Å²) in [5.41, 5.74) is 11.2. The molecule has 0 aliphatic rings. The van der Waals surface area contributed by atoms with Crippen LogP contribution in [-0.4, -0.2) is 0 Å². The number of rotatable bonds is 0. The van der Waals surface area contributed by atoms with E-state index in [0.29, 0.717) is 5.56 Å². The molecule has 1 rings (SSSR count). The molecule has 0 saturated carbocycles. The number of nitrogen functional groups attached to an aromatic ring is 2. The average Bonchev–Trinajstić information content (AvgIpc) is 1.82. The highest BCUT2D eigenvalue weighted by molar-refractivity contribution is 5.56. The Hall–Kier alpha value is -1.25. The first kappa shape index (κ1) is 6.86. The molecule has 3 heteroatoms. The Bertz CT molecular complexity index is 235. The summed E-state index contributed by atoms with van der Waals surface area (Å²) in [6.07, 6.45) is 0. The first-order valence-corrected chi connectivity index (χ1v) is 2.77. The van der Waals surface area contributed by atoms with Gasteiger partial charge < -0.3 is 11.5 Å². The van der Waals surface area contributed by atoms with E-state index in [1.54, 1.807) is 0 Å². The van der Waals surface area contributed by atoms with E-state index in [1.165, 1.54) is 12.1 Å². The predicted octanol–water partition coefficient (Wildman–Crippen LogP) is 1.17. The van der Waals surface area contributed by atoms with Gasteiger partial charge in [0, 0.05) is 0 Å². The van der Waals surface area contributed by atoms with E-state index in [-0.39, 0.29) is 11.4 Å². The molecule has 0 spiro atoms. The maximum atomic E-state index is 12.6. The van der Waals surface area contributed by atoms with E-state index >= 15 is 0 Å². The van der Waals surface area contributed by atoms with Gasteiger partial charge in [-0.05, 0) is 24.6 Å². The fourth-order valence-electron chi connectivity index (χ4n) is 0.735. The molecule has 0 atom stereocenters. The van der Waals surface area contributed by atoms with Crippen LogP contribution in [0.15, 0.2) is 12.1 Å². The van der Waals surface area contributed by atoms with Crippen LogP contribution >= 0.6 is 0 Å². The largest absolute Gasteiger partial charge is 0.396 e. The second kappa shape index (κ2) is 2.17. The summed E-state index contributed by atoms with van der Waals surface area (Å²) in [6.45, 7) is 3.56. The van der Waals surface area contributed by atoms with Gasteiger partial charge >= 0.3 is 0 Å². The fraction of sp³-hybridized carbons (Fsp3) is 0. The van der Waals surface area contributed by atoms with Crippen molar-refractivity contribution in [1.29, 1.82) is 0 Å². The Morgan fingerprint density at radius 3 is 2.00 bits per heavy atom. The van der Waals surface area contributed by atoms with Crippen molar-refractivity contribution in [3.05, 3.63) is 30.4 Å². The van der Waals surface area contributed by atoms with Gasteiger partial charge in [-0.2, -0.15) is 0 Å². The minimum atomic E-state index is -0.563. The van der Waals surface area contributed by atoms with Crippen LogP contribution in [0, 0.1) is 12.7 Å². The van der Waals surface area contributed by atoms with E-state index in [1.807, 2.05) is 0 Å². The lowest BCUT2D eigenvalue weighted by Gasteiger charge is -2.00. The summed E-state index contributed by atoms with van der Waals surface area (Å²) in [7, 11) is 0. The molecule has 0 unspecified atom stereocenters. The van der Waals surface area contributed by atoms with Gasteiger partial charge in [-0.25, -0.2) is 4.39 Å². The summed E-state index contributed by atoms with van der Waals surface area (Å²) in [6, 6.07) is 2.87. The molecule has 0 aromatic heterocycles. The molecule has 0 aliphatic carbocycles. The van der Waals surface area contributed by atoms with Crippen molar-refractivity contribution in [3.8, 4) is 0 Å². The summed E-state index contributed by atoms with van der Waals surface area (Å²) >= 11 is 0. The van der Waals surface area contributed by atoms with E-state index in [0.717, 1.165) is 0 Å². The molecule has 0 bridgehead atoms. The van der Waals surface area contributed by atoms with Gasteiger partial charge in [0.15, 0.2) is 5.82 Å². The maximum Gasteiger partial charge on any atom is 0.168 e. The van der Waals surface area contributed by atoms with Gasteiger partial charge in [0.25, 0.3) is 0 Å². The minimum Gasteiger partial charge on any atom is -0.396 e. The van der Waals surface area contributed by atoms with Gasteiger partial charge in [-0.3, -0.25) is 0 Å². The third kappa shape index (κ3) is 1.03. The van der Waals surface area contributed by atoms with Crippen molar-refractivity contribution in [1.82, 2.24) is 0 Å². The van der Waals surface area contributed by atoms with E-state index in [2.05, 4.69) is 6.92 Å². The van der Waals surface area contributed by atoms with Crippen molar-refractivity contribution in [2.24, 2.45) is 0 Å². The molecule has 0 amide bonds. The first-order chi connectivity index (χ1) is 4.61. The zero-order valence-electron chi connectivity index (χ0n) is 5.39. The van der Waals surface area contributed by atoms with Gasteiger partial charge in [-0.15, -0.1) is 0 Å². The second-order valence-electron chi connectivity index (χ2n) is 2.09. The molecule has 0 aliphatic heterocycles. The number of nitrogens with two attached hydrogens (primary N) is 2. The Balaban J connectivity index is 3.31. The molecule has 1 aromatic carbocycles. The lowest BCUT2D eigenvalue weighted by molar-refractivity contribution is 0.637. The Labute approximate surface area is 58.6 Å². The third-order valence-electron chi connectivity index (χ3n) is 1.19. The quantitative estimate of drug-likeness (QED) is 0.530. The van der Waals surface area contributed by atoms with Crippen LogP contribution < -0.4 is 11.5 Å². The van der Waals surface area contributed by atoms with Crippen molar-refractivity contribution in [2.45, 2.75) is 0 Å². The van der Waals surface area contributed by atoms with Crippen molar-refractivity contribution in [2.75, 3.05) is 11.5 Å². The Kier molecular flexibility index (Phi) is 1.49. The minimum absolute atomic E-state index is 0.0463. The highest BCUT2D eigenvalue weighted by Gasteiger charge is 2.01. The average molecular weight is 139 g/mol. The highest BCUT2D eigenvalue weighted by atomic mass is 19.1. The van der Waals surface area contributed by atoms with Crippen LogP contribution in [0.3, 0.4) is 0 Å². The van der Waals surface area contributed by atoms with Gasteiger partial charge in [-0.1, -0.05) is 0 Å². The molecule has 0 fully saturated rings. The monoisotopic (exact) mass is 139 g/mol. The summed E-state index contributed by atoms with van der Waals surface area (Å²) < 4.78 is 12.6. The Morgan fingerprint density at radius 2 is 1.60 bits per heavy atom. The zero-order chi connectivity index (χ0) is 7.72. The maximum absolute atomic E-state index is 12.6. The predicted molar refractivity (Wildman–Crippen MR) is 39.7 cm³/mol. The molecule has 10 heavy (non-hydrogen) atoms. The summed E-state index contributed by atoms with van der Waals surface area (Å²) in [4.78, 5) is 0. The summed E-state index contributed by atoms with van der Waals surface area (Å²) in [5.74, 6) is -0.563. The van der Waals surface area contributed by atoms with Gasteiger partial charge in [0.1, 0.15) is 0 Å².